The maximum absolute atomic E-state index is 12.9. The van der Waals surface area contributed by atoms with Crippen molar-refractivity contribution in [1.29, 1.82) is 0 Å². The Balaban J connectivity index is 1.36. The molecular formula is C19H13FN4S2Se. The Morgan fingerprint density at radius 2 is 1.89 bits per heavy atom. The van der Waals surface area contributed by atoms with E-state index in [9.17, 15) is 4.39 Å². The molecule has 2 aromatic carbocycles. The first-order valence-electron chi connectivity index (χ1n) is 8.02. The first-order chi connectivity index (χ1) is 13.3. The van der Waals surface area contributed by atoms with Crippen LogP contribution in [0.1, 0.15) is 11.3 Å². The van der Waals surface area contributed by atoms with Crippen LogP contribution in [0.15, 0.2) is 68.9 Å². The van der Waals surface area contributed by atoms with E-state index in [1.807, 2.05) is 18.2 Å². The van der Waals surface area contributed by atoms with Crippen molar-refractivity contribution in [1.82, 2.24) is 15.2 Å². The average Bonchev–Trinajstić information content (AvgIpc) is 3.36. The summed E-state index contributed by atoms with van der Waals surface area (Å²) >= 11 is 3.33. The van der Waals surface area contributed by atoms with Crippen LogP contribution >= 0.6 is 23.1 Å². The Labute approximate surface area is 170 Å². The molecule has 0 saturated heterocycles. The summed E-state index contributed by atoms with van der Waals surface area (Å²) in [6.07, 6.45) is 1.66. The number of aromatic nitrogens is 3. The molecule has 134 valence electrons. The molecule has 0 bridgehead atoms. The van der Waals surface area contributed by atoms with Crippen LogP contribution in [-0.2, 0) is 5.75 Å². The van der Waals surface area contributed by atoms with Crippen molar-refractivity contribution >= 4 is 48.9 Å². The van der Waals surface area contributed by atoms with Gasteiger partial charge in [0.05, 0.1) is 0 Å². The summed E-state index contributed by atoms with van der Waals surface area (Å²) in [4.78, 5) is 11.3. The van der Waals surface area contributed by atoms with E-state index in [0.29, 0.717) is 5.13 Å². The van der Waals surface area contributed by atoms with E-state index in [-0.39, 0.29) is 20.3 Å². The monoisotopic (exact) mass is 460 g/mol. The summed E-state index contributed by atoms with van der Waals surface area (Å²) < 4.78 is 14.9. The van der Waals surface area contributed by atoms with Crippen LogP contribution in [0.3, 0.4) is 0 Å². The minimum atomic E-state index is -0.262. The Morgan fingerprint density at radius 1 is 1.07 bits per heavy atom. The molecule has 0 unspecified atom stereocenters. The molecule has 2 aromatic heterocycles. The van der Waals surface area contributed by atoms with Gasteiger partial charge >= 0.3 is 160 Å². The van der Waals surface area contributed by atoms with Gasteiger partial charge in [0, 0.05) is 0 Å². The van der Waals surface area contributed by atoms with Gasteiger partial charge in [0.2, 0.25) is 0 Å². The first kappa shape index (κ1) is 18.3. The summed E-state index contributed by atoms with van der Waals surface area (Å²) in [6.45, 7) is 0. The van der Waals surface area contributed by atoms with E-state index < -0.39 is 0 Å². The van der Waals surface area contributed by atoms with Crippen LogP contribution in [0.4, 0.5) is 9.52 Å². The van der Waals surface area contributed by atoms with E-state index in [4.69, 9.17) is 4.98 Å². The van der Waals surface area contributed by atoms with Crippen LogP contribution < -0.4 is 0 Å². The summed E-state index contributed by atoms with van der Waals surface area (Å²) in [6, 6.07) is 16.4. The molecule has 0 amide bonds. The van der Waals surface area contributed by atoms with Crippen molar-refractivity contribution in [2.75, 3.05) is 0 Å². The maximum atomic E-state index is 12.9. The molecular weight excluding hydrogens is 446 g/mol. The Bertz CT molecular complexity index is 1050. The van der Waals surface area contributed by atoms with Crippen LogP contribution in [0.5, 0.6) is 0 Å². The third-order valence-electron chi connectivity index (χ3n) is 3.51. The Morgan fingerprint density at radius 3 is 2.70 bits per heavy atom. The molecule has 27 heavy (non-hydrogen) atoms. The number of halogens is 1. The fourth-order valence-electron chi connectivity index (χ4n) is 2.21. The average molecular weight is 459 g/mol. The van der Waals surface area contributed by atoms with Gasteiger partial charge in [0.1, 0.15) is 5.82 Å². The van der Waals surface area contributed by atoms with Crippen molar-refractivity contribution in [2.24, 2.45) is 4.99 Å². The topological polar surface area (TPSA) is 51.0 Å². The Kier molecular flexibility index (Phi) is 5.89. The third kappa shape index (κ3) is 4.99. The quantitative estimate of drug-likeness (QED) is 0.235. The third-order valence-corrected chi connectivity index (χ3v) is 7.48. The van der Waals surface area contributed by atoms with Gasteiger partial charge in [0.25, 0.3) is 0 Å². The zero-order valence-electron chi connectivity index (χ0n) is 13.9. The zero-order chi connectivity index (χ0) is 18.5. The van der Waals surface area contributed by atoms with E-state index in [1.54, 1.807) is 30.1 Å². The van der Waals surface area contributed by atoms with Gasteiger partial charge in [-0.3, -0.25) is 0 Å². The second-order valence-corrected chi connectivity index (χ2v) is 9.44. The van der Waals surface area contributed by atoms with Gasteiger partial charge in [-0.15, -0.1) is 0 Å². The van der Waals surface area contributed by atoms with Crippen LogP contribution in [-0.4, -0.2) is 35.9 Å². The number of hydrogen-bond donors (Lipinski definition) is 0. The number of thioether (sulfide) groups is 1. The van der Waals surface area contributed by atoms with Gasteiger partial charge in [-0.05, 0) is 0 Å². The Hall–Kier alpha value is -2.12. The van der Waals surface area contributed by atoms with Crippen molar-refractivity contribution in [2.45, 2.75) is 10.1 Å². The molecule has 0 saturated carbocycles. The molecule has 0 aliphatic heterocycles. The SMILES string of the molecule is Fc1ccc(/C=N/c2nnc(SCc3c[se]c(-c4ccccc4)n3)s2)cc1. The van der Waals surface area contributed by atoms with Gasteiger partial charge in [-0.25, -0.2) is 4.39 Å². The number of rotatable bonds is 6. The van der Waals surface area contributed by atoms with Crippen LogP contribution in [0.25, 0.3) is 10.1 Å². The molecule has 4 rings (SSSR count). The summed E-state index contributed by atoms with van der Waals surface area (Å²) in [5, 5.41) is 8.83. The van der Waals surface area contributed by atoms with Gasteiger partial charge in [-0.2, -0.15) is 0 Å². The minimum absolute atomic E-state index is 0.262. The van der Waals surface area contributed by atoms with E-state index >= 15 is 0 Å². The molecule has 0 radical (unpaired) electrons. The summed E-state index contributed by atoms with van der Waals surface area (Å²) in [7, 11) is 0. The van der Waals surface area contributed by atoms with Crippen molar-refractivity contribution in [3.8, 4) is 10.1 Å². The number of hydrogen-bond acceptors (Lipinski definition) is 6. The van der Waals surface area contributed by atoms with Crippen molar-refractivity contribution in [3.05, 3.63) is 76.6 Å². The van der Waals surface area contributed by atoms with Crippen LogP contribution in [0, 0.1) is 5.82 Å². The molecule has 0 spiro atoms. The second-order valence-electron chi connectivity index (χ2n) is 5.46. The van der Waals surface area contributed by atoms with Crippen molar-refractivity contribution < 1.29 is 4.39 Å². The van der Waals surface area contributed by atoms with E-state index in [2.05, 4.69) is 32.3 Å². The van der Waals surface area contributed by atoms with Gasteiger partial charge in [-0.1, -0.05) is 0 Å². The summed E-state index contributed by atoms with van der Waals surface area (Å²) in [5.41, 5.74) is 3.11. The van der Waals surface area contributed by atoms with Crippen molar-refractivity contribution in [3.63, 3.8) is 0 Å². The number of aliphatic imine (C=N–C) groups is 1. The molecule has 4 aromatic rings. The number of nitrogens with zero attached hydrogens (tertiary/aromatic N) is 4. The van der Waals surface area contributed by atoms with E-state index in [1.165, 1.54) is 33.6 Å². The first-order valence-corrected chi connectivity index (χ1v) is 11.7. The molecule has 4 nitrogen and oxygen atoms in total. The molecule has 0 aliphatic rings. The van der Waals surface area contributed by atoms with Gasteiger partial charge < -0.3 is 0 Å². The number of benzene rings is 2. The van der Waals surface area contributed by atoms with Gasteiger partial charge in [0.15, 0.2) is 0 Å². The second kappa shape index (κ2) is 8.71. The predicted octanol–water partition coefficient (Wildman–Crippen LogP) is 4.84. The summed E-state index contributed by atoms with van der Waals surface area (Å²) in [5.74, 6) is 0.511. The molecule has 0 fully saturated rings. The zero-order valence-corrected chi connectivity index (χ0v) is 17.3. The normalized spacial score (nSPS) is 11.3. The molecule has 0 atom stereocenters. The fourth-order valence-corrected chi connectivity index (χ4v) is 5.76. The molecule has 8 heteroatoms. The van der Waals surface area contributed by atoms with Crippen LogP contribution in [0.2, 0.25) is 0 Å². The standard InChI is InChI=1S/C19H13FN4S2Se/c20-15-8-6-13(7-9-15)10-21-18-23-24-19(26-18)25-11-16-12-27-17(22-16)14-4-2-1-3-5-14/h1-10,12H,11H2/b21-10+. The van der Waals surface area contributed by atoms with E-state index in [0.717, 1.165) is 21.3 Å². The fraction of sp³-hybridized carbons (Fsp3) is 0.0526. The molecule has 2 heterocycles. The predicted molar refractivity (Wildman–Crippen MR) is 110 cm³/mol. The molecule has 0 N–H and O–H groups in total. The molecule has 0 aliphatic carbocycles.